The molecule has 1 heterocycles. The summed E-state index contributed by atoms with van der Waals surface area (Å²) < 4.78 is 5.72. The first-order chi connectivity index (χ1) is 9.04. The molecule has 0 saturated carbocycles. The number of ether oxygens (including phenoxy) is 1. The minimum Gasteiger partial charge on any atom is -0.377 e. The Morgan fingerprint density at radius 2 is 2.05 bits per heavy atom. The lowest BCUT2D eigenvalue weighted by atomic mass is 10.1. The molecule has 1 fully saturated rings. The lowest BCUT2D eigenvalue weighted by Gasteiger charge is -2.31. The summed E-state index contributed by atoms with van der Waals surface area (Å²) in [6.07, 6.45) is 2.86. The largest absolute Gasteiger partial charge is 0.377 e. The fourth-order valence-electron chi connectivity index (χ4n) is 2.90. The summed E-state index contributed by atoms with van der Waals surface area (Å²) in [5, 5.41) is 3.62. The maximum Gasteiger partial charge on any atom is 0.0726 e. The van der Waals surface area contributed by atoms with Gasteiger partial charge < -0.3 is 15.0 Å². The van der Waals surface area contributed by atoms with E-state index in [1.54, 1.807) is 0 Å². The molecule has 0 bridgehead atoms. The van der Waals surface area contributed by atoms with Crippen LogP contribution in [0.15, 0.2) is 0 Å². The van der Waals surface area contributed by atoms with E-state index < -0.39 is 0 Å². The van der Waals surface area contributed by atoms with Gasteiger partial charge in [0, 0.05) is 38.3 Å². The van der Waals surface area contributed by atoms with E-state index in [-0.39, 0.29) is 0 Å². The fourth-order valence-corrected chi connectivity index (χ4v) is 2.90. The van der Waals surface area contributed by atoms with Crippen LogP contribution in [0.5, 0.6) is 0 Å². The fraction of sp³-hybridized carbons (Fsp3) is 1.00. The van der Waals surface area contributed by atoms with Crippen LogP contribution >= 0.6 is 0 Å². The Bertz CT molecular complexity index is 229. The molecule has 19 heavy (non-hydrogen) atoms. The molecule has 1 N–H and O–H groups in total. The van der Waals surface area contributed by atoms with Gasteiger partial charge in [0.05, 0.1) is 6.10 Å². The summed E-state index contributed by atoms with van der Waals surface area (Å²) in [4.78, 5) is 4.80. The summed E-state index contributed by atoms with van der Waals surface area (Å²) in [5.41, 5.74) is 0. The maximum atomic E-state index is 5.72. The van der Waals surface area contributed by atoms with Crippen molar-refractivity contribution in [1.82, 2.24) is 15.1 Å². The summed E-state index contributed by atoms with van der Waals surface area (Å²) in [7, 11) is 4.28. The van der Waals surface area contributed by atoms with Crippen molar-refractivity contribution in [2.24, 2.45) is 0 Å². The van der Waals surface area contributed by atoms with Crippen molar-refractivity contribution in [3.05, 3.63) is 0 Å². The van der Waals surface area contributed by atoms with Crippen molar-refractivity contribution >= 4 is 0 Å². The van der Waals surface area contributed by atoms with Crippen LogP contribution in [-0.2, 0) is 4.74 Å². The van der Waals surface area contributed by atoms with E-state index in [2.05, 4.69) is 50.0 Å². The zero-order chi connectivity index (χ0) is 14.3. The van der Waals surface area contributed by atoms with Crippen molar-refractivity contribution in [2.45, 2.75) is 51.8 Å². The second-order valence-electron chi connectivity index (χ2n) is 6.03. The molecule has 1 aliphatic heterocycles. The van der Waals surface area contributed by atoms with Gasteiger partial charge in [-0.05, 0) is 47.3 Å². The van der Waals surface area contributed by atoms with Crippen LogP contribution in [0.3, 0.4) is 0 Å². The average molecular weight is 271 g/mol. The minimum absolute atomic E-state index is 0.425. The van der Waals surface area contributed by atoms with E-state index in [1.165, 1.54) is 12.8 Å². The van der Waals surface area contributed by atoms with Crippen LogP contribution in [0.4, 0.5) is 0 Å². The molecule has 0 spiro atoms. The highest BCUT2D eigenvalue weighted by atomic mass is 16.5. The Labute approximate surface area is 119 Å². The van der Waals surface area contributed by atoms with E-state index in [9.17, 15) is 0 Å². The van der Waals surface area contributed by atoms with Crippen molar-refractivity contribution in [1.29, 1.82) is 0 Å². The van der Waals surface area contributed by atoms with E-state index in [4.69, 9.17) is 4.74 Å². The molecule has 1 rings (SSSR count). The molecule has 0 aliphatic carbocycles. The van der Waals surface area contributed by atoms with Crippen molar-refractivity contribution in [2.75, 3.05) is 46.9 Å². The molecule has 3 atom stereocenters. The van der Waals surface area contributed by atoms with Gasteiger partial charge in [-0.2, -0.15) is 0 Å². The van der Waals surface area contributed by atoms with E-state index in [1.807, 2.05) is 0 Å². The summed E-state index contributed by atoms with van der Waals surface area (Å²) >= 11 is 0. The average Bonchev–Trinajstić information content (AvgIpc) is 2.87. The topological polar surface area (TPSA) is 27.7 Å². The molecular formula is C15H33N3O. The SMILES string of the molecule is CCN(CCNC(C)C1CCCO1)C(C)CN(C)C. The lowest BCUT2D eigenvalue weighted by molar-refractivity contribution is 0.0817. The molecule has 3 unspecified atom stereocenters. The lowest BCUT2D eigenvalue weighted by Crippen LogP contribution is -2.46. The van der Waals surface area contributed by atoms with Gasteiger partial charge in [0.15, 0.2) is 0 Å². The van der Waals surface area contributed by atoms with E-state index in [0.29, 0.717) is 18.2 Å². The molecule has 0 aromatic rings. The van der Waals surface area contributed by atoms with Crippen molar-refractivity contribution in [3.8, 4) is 0 Å². The summed E-state index contributed by atoms with van der Waals surface area (Å²) in [6, 6.07) is 1.09. The Morgan fingerprint density at radius 3 is 2.58 bits per heavy atom. The highest BCUT2D eigenvalue weighted by molar-refractivity contribution is 4.77. The summed E-state index contributed by atoms with van der Waals surface area (Å²) in [6.45, 7) is 12.1. The smallest absolute Gasteiger partial charge is 0.0726 e. The van der Waals surface area contributed by atoms with E-state index >= 15 is 0 Å². The number of nitrogens with one attached hydrogen (secondary N) is 1. The number of nitrogens with zero attached hydrogens (tertiary/aromatic N) is 2. The molecule has 0 aromatic carbocycles. The first kappa shape index (κ1) is 16.9. The number of hydrogen-bond acceptors (Lipinski definition) is 4. The predicted molar refractivity (Wildman–Crippen MR) is 81.7 cm³/mol. The third-order valence-corrected chi connectivity index (χ3v) is 4.05. The van der Waals surface area contributed by atoms with Crippen LogP contribution in [0.25, 0.3) is 0 Å². The Balaban J connectivity index is 2.21. The number of likely N-dealkylation sites (N-methyl/N-ethyl adjacent to an activating group) is 2. The Morgan fingerprint density at radius 1 is 1.32 bits per heavy atom. The predicted octanol–water partition coefficient (Wildman–Crippen LogP) is 1.42. The maximum absolute atomic E-state index is 5.72. The highest BCUT2D eigenvalue weighted by Crippen LogP contribution is 2.15. The van der Waals surface area contributed by atoms with Crippen LogP contribution < -0.4 is 5.32 Å². The minimum atomic E-state index is 0.425. The first-order valence-electron chi connectivity index (χ1n) is 7.78. The van der Waals surface area contributed by atoms with Gasteiger partial charge >= 0.3 is 0 Å². The van der Waals surface area contributed by atoms with Gasteiger partial charge in [0.25, 0.3) is 0 Å². The molecule has 1 saturated heterocycles. The van der Waals surface area contributed by atoms with Gasteiger partial charge in [0.2, 0.25) is 0 Å². The second-order valence-corrected chi connectivity index (χ2v) is 6.03. The number of rotatable bonds is 9. The molecule has 4 heteroatoms. The normalized spacial score (nSPS) is 23.2. The summed E-state index contributed by atoms with van der Waals surface area (Å²) in [5.74, 6) is 0. The van der Waals surface area contributed by atoms with Gasteiger partial charge in [-0.15, -0.1) is 0 Å². The van der Waals surface area contributed by atoms with Gasteiger partial charge in [-0.3, -0.25) is 4.90 Å². The third kappa shape index (κ3) is 6.21. The molecule has 114 valence electrons. The van der Waals surface area contributed by atoms with Gasteiger partial charge in [-0.1, -0.05) is 6.92 Å². The van der Waals surface area contributed by atoms with Crippen LogP contribution in [0.2, 0.25) is 0 Å². The molecule has 0 radical (unpaired) electrons. The van der Waals surface area contributed by atoms with Gasteiger partial charge in [0.1, 0.15) is 0 Å². The molecule has 4 nitrogen and oxygen atoms in total. The van der Waals surface area contributed by atoms with Gasteiger partial charge in [-0.25, -0.2) is 0 Å². The third-order valence-electron chi connectivity index (χ3n) is 4.05. The molecule has 0 aromatic heterocycles. The monoisotopic (exact) mass is 271 g/mol. The van der Waals surface area contributed by atoms with Crippen LogP contribution in [0.1, 0.15) is 33.6 Å². The quantitative estimate of drug-likeness (QED) is 0.686. The molecule has 0 amide bonds. The zero-order valence-corrected chi connectivity index (χ0v) is 13.5. The Hall–Kier alpha value is -0.160. The first-order valence-corrected chi connectivity index (χ1v) is 7.78. The van der Waals surface area contributed by atoms with Crippen LogP contribution in [0, 0.1) is 0 Å². The van der Waals surface area contributed by atoms with E-state index in [0.717, 1.165) is 32.8 Å². The number of hydrogen-bond donors (Lipinski definition) is 1. The molecular weight excluding hydrogens is 238 g/mol. The van der Waals surface area contributed by atoms with Crippen LogP contribution in [-0.4, -0.2) is 74.9 Å². The highest BCUT2D eigenvalue weighted by Gasteiger charge is 2.22. The second kappa shape index (κ2) is 8.90. The zero-order valence-electron chi connectivity index (χ0n) is 13.5. The van der Waals surface area contributed by atoms with Crippen molar-refractivity contribution in [3.63, 3.8) is 0 Å². The van der Waals surface area contributed by atoms with Crippen molar-refractivity contribution < 1.29 is 4.74 Å². The Kier molecular flexibility index (Phi) is 7.91. The molecule has 1 aliphatic rings. The standard InChI is InChI=1S/C15H33N3O/c1-6-18(13(2)12-17(4)5)10-9-16-14(3)15-8-7-11-19-15/h13-16H,6-12H2,1-5H3.